The molecular weight excluding hydrogens is 236 g/mol. The minimum atomic E-state index is 0.274. The standard InChI is InChI=1S/C16H34N2O/c1-3-5-9-18(10-11-19)16-12-14(6-4-2)7-8-15(16)13-17/h14-16,19H,3-13,17H2,1-2H3. The van der Waals surface area contributed by atoms with E-state index in [1.54, 1.807) is 0 Å². The van der Waals surface area contributed by atoms with Crippen molar-refractivity contribution in [1.29, 1.82) is 0 Å². The van der Waals surface area contributed by atoms with Crippen LogP contribution in [0.25, 0.3) is 0 Å². The topological polar surface area (TPSA) is 49.5 Å². The molecule has 0 aromatic rings. The van der Waals surface area contributed by atoms with Gasteiger partial charge in [-0.25, -0.2) is 0 Å². The minimum Gasteiger partial charge on any atom is -0.395 e. The van der Waals surface area contributed by atoms with E-state index >= 15 is 0 Å². The summed E-state index contributed by atoms with van der Waals surface area (Å²) in [6.07, 6.45) is 9.02. The highest BCUT2D eigenvalue weighted by Crippen LogP contribution is 2.34. The predicted molar refractivity (Wildman–Crippen MR) is 82.1 cm³/mol. The van der Waals surface area contributed by atoms with Gasteiger partial charge in [0.25, 0.3) is 0 Å². The van der Waals surface area contributed by atoms with Crippen molar-refractivity contribution in [3.05, 3.63) is 0 Å². The summed E-state index contributed by atoms with van der Waals surface area (Å²) in [5, 5.41) is 9.32. The average molecular weight is 270 g/mol. The molecule has 0 spiro atoms. The lowest BCUT2D eigenvalue weighted by atomic mass is 9.76. The van der Waals surface area contributed by atoms with Gasteiger partial charge in [0, 0.05) is 12.6 Å². The molecule has 0 saturated heterocycles. The minimum absolute atomic E-state index is 0.274. The van der Waals surface area contributed by atoms with E-state index in [4.69, 9.17) is 5.73 Å². The molecule has 0 heterocycles. The zero-order valence-electron chi connectivity index (χ0n) is 13.0. The Morgan fingerprint density at radius 3 is 2.53 bits per heavy atom. The lowest BCUT2D eigenvalue weighted by molar-refractivity contribution is 0.0629. The smallest absolute Gasteiger partial charge is 0.0558 e. The normalized spacial score (nSPS) is 27.9. The van der Waals surface area contributed by atoms with Gasteiger partial charge in [-0.15, -0.1) is 0 Å². The van der Waals surface area contributed by atoms with Gasteiger partial charge in [0.15, 0.2) is 0 Å². The third-order valence-corrected chi connectivity index (χ3v) is 4.72. The SMILES string of the molecule is CCCCN(CCO)C1CC(CCC)CCC1CN. The van der Waals surface area contributed by atoms with Gasteiger partial charge in [-0.2, -0.15) is 0 Å². The van der Waals surface area contributed by atoms with Crippen LogP contribution in [-0.4, -0.2) is 42.3 Å². The molecule has 19 heavy (non-hydrogen) atoms. The van der Waals surface area contributed by atoms with Gasteiger partial charge >= 0.3 is 0 Å². The number of nitrogens with two attached hydrogens (primary N) is 1. The van der Waals surface area contributed by atoms with E-state index in [-0.39, 0.29) is 6.61 Å². The van der Waals surface area contributed by atoms with E-state index in [1.807, 2.05) is 0 Å². The van der Waals surface area contributed by atoms with Gasteiger partial charge in [-0.3, -0.25) is 4.90 Å². The van der Waals surface area contributed by atoms with Crippen LogP contribution in [0.1, 0.15) is 58.8 Å². The molecule has 3 nitrogen and oxygen atoms in total. The number of hydrogen-bond donors (Lipinski definition) is 2. The number of unbranched alkanes of at least 4 members (excludes halogenated alkanes) is 1. The van der Waals surface area contributed by atoms with Gasteiger partial charge < -0.3 is 10.8 Å². The summed E-state index contributed by atoms with van der Waals surface area (Å²) in [6.45, 7) is 7.54. The van der Waals surface area contributed by atoms with E-state index in [0.717, 1.165) is 25.6 Å². The van der Waals surface area contributed by atoms with Crippen LogP contribution in [0.5, 0.6) is 0 Å². The molecule has 1 saturated carbocycles. The number of rotatable bonds is 9. The first-order valence-electron chi connectivity index (χ1n) is 8.31. The second kappa shape index (κ2) is 9.73. The van der Waals surface area contributed by atoms with E-state index < -0.39 is 0 Å². The molecule has 1 rings (SSSR count). The van der Waals surface area contributed by atoms with Crippen molar-refractivity contribution in [2.75, 3.05) is 26.2 Å². The highest BCUT2D eigenvalue weighted by atomic mass is 16.3. The Kier molecular flexibility index (Phi) is 8.67. The number of hydrogen-bond acceptors (Lipinski definition) is 3. The molecule has 0 radical (unpaired) electrons. The summed E-state index contributed by atoms with van der Waals surface area (Å²) in [6, 6.07) is 0.606. The van der Waals surface area contributed by atoms with E-state index in [0.29, 0.717) is 12.0 Å². The fraction of sp³-hybridized carbons (Fsp3) is 1.00. The second-order valence-electron chi connectivity index (χ2n) is 6.14. The van der Waals surface area contributed by atoms with Crippen molar-refractivity contribution in [2.45, 2.75) is 64.8 Å². The Morgan fingerprint density at radius 1 is 1.16 bits per heavy atom. The first-order chi connectivity index (χ1) is 9.26. The molecule has 1 aliphatic rings. The van der Waals surface area contributed by atoms with E-state index in [2.05, 4.69) is 18.7 Å². The van der Waals surface area contributed by atoms with E-state index in [1.165, 1.54) is 44.9 Å². The lowest BCUT2D eigenvalue weighted by Gasteiger charge is -2.42. The summed E-state index contributed by atoms with van der Waals surface area (Å²) in [5.41, 5.74) is 5.99. The fourth-order valence-electron chi connectivity index (χ4n) is 3.62. The van der Waals surface area contributed by atoms with Gasteiger partial charge in [0.2, 0.25) is 0 Å². The first kappa shape index (κ1) is 16.9. The highest BCUT2D eigenvalue weighted by molar-refractivity contribution is 4.87. The molecule has 114 valence electrons. The average Bonchev–Trinajstić information content (AvgIpc) is 2.44. The van der Waals surface area contributed by atoms with E-state index in [9.17, 15) is 5.11 Å². The molecule has 3 unspecified atom stereocenters. The van der Waals surface area contributed by atoms with Crippen molar-refractivity contribution in [3.63, 3.8) is 0 Å². The maximum Gasteiger partial charge on any atom is 0.0558 e. The molecule has 3 heteroatoms. The molecule has 1 fully saturated rings. The molecule has 0 bridgehead atoms. The largest absolute Gasteiger partial charge is 0.395 e. The number of aliphatic hydroxyl groups excluding tert-OH is 1. The van der Waals surface area contributed by atoms with Crippen LogP contribution in [0.3, 0.4) is 0 Å². The maximum absolute atomic E-state index is 9.32. The summed E-state index contributed by atoms with van der Waals surface area (Å²) in [5.74, 6) is 1.51. The summed E-state index contributed by atoms with van der Waals surface area (Å²) in [7, 11) is 0. The monoisotopic (exact) mass is 270 g/mol. The first-order valence-corrected chi connectivity index (χ1v) is 8.31. The molecule has 1 aliphatic carbocycles. The van der Waals surface area contributed by atoms with Crippen molar-refractivity contribution in [2.24, 2.45) is 17.6 Å². The Morgan fingerprint density at radius 2 is 1.95 bits per heavy atom. The zero-order valence-corrected chi connectivity index (χ0v) is 13.0. The predicted octanol–water partition coefficient (Wildman–Crippen LogP) is 2.62. The molecule has 3 atom stereocenters. The molecule has 0 aliphatic heterocycles. The summed E-state index contributed by atoms with van der Waals surface area (Å²) < 4.78 is 0. The van der Waals surface area contributed by atoms with Crippen molar-refractivity contribution in [1.82, 2.24) is 4.90 Å². The van der Waals surface area contributed by atoms with Gasteiger partial charge in [-0.05, 0) is 44.2 Å². The quantitative estimate of drug-likeness (QED) is 0.677. The molecule has 0 aromatic carbocycles. The Balaban J connectivity index is 2.63. The van der Waals surface area contributed by atoms with Crippen molar-refractivity contribution in [3.8, 4) is 0 Å². The van der Waals surface area contributed by atoms with Crippen LogP contribution >= 0.6 is 0 Å². The zero-order chi connectivity index (χ0) is 14.1. The van der Waals surface area contributed by atoms with Crippen molar-refractivity contribution >= 4 is 0 Å². The third kappa shape index (κ3) is 5.41. The third-order valence-electron chi connectivity index (χ3n) is 4.72. The van der Waals surface area contributed by atoms with Crippen LogP contribution in [0.2, 0.25) is 0 Å². The molecule has 0 amide bonds. The van der Waals surface area contributed by atoms with Gasteiger partial charge in [0.05, 0.1) is 6.61 Å². The molecular formula is C16H34N2O. The fourth-order valence-corrected chi connectivity index (χ4v) is 3.62. The number of aliphatic hydroxyl groups is 1. The Labute approximate surface area is 119 Å². The Bertz CT molecular complexity index is 223. The van der Waals surface area contributed by atoms with Crippen molar-refractivity contribution < 1.29 is 5.11 Å². The van der Waals surface area contributed by atoms with Crippen LogP contribution in [0, 0.1) is 11.8 Å². The molecule has 3 N–H and O–H groups in total. The lowest BCUT2D eigenvalue weighted by Crippen LogP contribution is -2.48. The van der Waals surface area contributed by atoms with Crippen LogP contribution in [0.15, 0.2) is 0 Å². The van der Waals surface area contributed by atoms with Crippen LogP contribution in [-0.2, 0) is 0 Å². The van der Waals surface area contributed by atoms with Crippen LogP contribution in [0.4, 0.5) is 0 Å². The molecule has 0 aromatic heterocycles. The van der Waals surface area contributed by atoms with Crippen LogP contribution < -0.4 is 5.73 Å². The van der Waals surface area contributed by atoms with Gasteiger partial charge in [-0.1, -0.05) is 39.5 Å². The summed E-state index contributed by atoms with van der Waals surface area (Å²) >= 11 is 0. The Hall–Kier alpha value is -0.120. The highest BCUT2D eigenvalue weighted by Gasteiger charge is 2.32. The second-order valence-corrected chi connectivity index (χ2v) is 6.14. The number of nitrogens with zero attached hydrogens (tertiary/aromatic N) is 1. The maximum atomic E-state index is 9.32. The summed E-state index contributed by atoms with van der Waals surface area (Å²) in [4.78, 5) is 2.52. The van der Waals surface area contributed by atoms with Gasteiger partial charge in [0.1, 0.15) is 0 Å².